The van der Waals surface area contributed by atoms with Crippen LogP contribution >= 0.6 is 0 Å². The molecule has 3 aromatic rings. The number of ether oxygens (including phenoxy) is 1. The van der Waals surface area contributed by atoms with E-state index in [0.29, 0.717) is 50.4 Å². The lowest BCUT2D eigenvalue weighted by atomic mass is 10.1. The van der Waals surface area contributed by atoms with E-state index in [0.717, 1.165) is 23.5 Å². The Morgan fingerprint density at radius 3 is 2.47 bits per heavy atom. The van der Waals surface area contributed by atoms with Crippen LogP contribution in [0.1, 0.15) is 23.9 Å². The van der Waals surface area contributed by atoms with E-state index in [-0.39, 0.29) is 12.1 Å². The lowest BCUT2D eigenvalue weighted by Gasteiger charge is -2.36. The van der Waals surface area contributed by atoms with Crippen molar-refractivity contribution in [3.8, 4) is 11.4 Å². The summed E-state index contributed by atoms with van der Waals surface area (Å²) in [7, 11) is 0. The third-order valence-electron chi connectivity index (χ3n) is 5.84. The van der Waals surface area contributed by atoms with E-state index < -0.39 is 23.6 Å². The maximum Gasteiger partial charge on any atom is 0.416 e. The number of nitrogens with one attached hydrogen (secondary N) is 1. The zero-order valence-electron chi connectivity index (χ0n) is 19.8. The highest BCUT2D eigenvalue weighted by atomic mass is 19.4. The molecule has 1 fully saturated rings. The summed E-state index contributed by atoms with van der Waals surface area (Å²) in [4.78, 5) is 20.4. The van der Waals surface area contributed by atoms with E-state index in [1.54, 1.807) is 22.8 Å². The fourth-order valence-corrected chi connectivity index (χ4v) is 3.94. The summed E-state index contributed by atoms with van der Waals surface area (Å²) in [5.74, 6) is 0.306. The number of nitrogens with zero attached hydrogens (tertiary/aromatic N) is 5. The summed E-state index contributed by atoms with van der Waals surface area (Å²) in [6.07, 6.45) is -3.00. The van der Waals surface area contributed by atoms with E-state index in [1.165, 1.54) is 0 Å². The van der Waals surface area contributed by atoms with Crippen molar-refractivity contribution in [2.75, 3.05) is 37.7 Å². The number of anilines is 1. The van der Waals surface area contributed by atoms with E-state index in [9.17, 15) is 22.4 Å². The van der Waals surface area contributed by atoms with Gasteiger partial charge in [0, 0.05) is 50.0 Å². The van der Waals surface area contributed by atoms with Crippen molar-refractivity contribution in [1.82, 2.24) is 25.0 Å². The Bertz CT molecular complexity index is 1220. The minimum Gasteiger partial charge on any atom is -0.492 e. The monoisotopic (exact) mass is 506 g/mol. The van der Waals surface area contributed by atoms with Gasteiger partial charge in [0.05, 0.1) is 12.2 Å². The van der Waals surface area contributed by atoms with Gasteiger partial charge in [0.2, 0.25) is 0 Å². The molecule has 0 bridgehead atoms. The van der Waals surface area contributed by atoms with Crippen molar-refractivity contribution >= 4 is 11.7 Å². The molecule has 2 amide bonds. The van der Waals surface area contributed by atoms with E-state index in [2.05, 4.69) is 20.3 Å². The average Bonchev–Trinajstić information content (AvgIpc) is 3.28. The molecule has 0 radical (unpaired) electrons. The van der Waals surface area contributed by atoms with Gasteiger partial charge < -0.3 is 19.9 Å². The first-order valence-corrected chi connectivity index (χ1v) is 11.4. The lowest BCUT2D eigenvalue weighted by molar-refractivity contribution is -0.137. The molecular formula is C24H26F4N6O2. The van der Waals surface area contributed by atoms with Crippen LogP contribution in [0.15, 0.2) is 42.7 Å². The Kier molecular flexibility index (Phi) is 7.32. The van der Waals surface area contributed by atoms with Gasteiger partial charge in [0.25, 0.3) is 0 Å². The van der Waals surface area contributed by atoms with Crippen molar-refractivity contribution in [3.05, 3.63) is 65.5 Å². The number of rotatable bonds is 6. The van der Waals surface area contributed by atoms with Gasteiger partial charge in [-0.25, -0.2) is 18.9 Å². The molecule has 1 saturated heterocycles. The molecule has 8 nitrogen and oxygen atoms in total. The number of aromatic nitrogens is 3. The van der Waals surface area contributed by atoms with Gasteiger partial charge in [-0.05, 0) is 38.1 Å². The number of benzene rings is 2. The highest BCUT2D eigenvalue weighted by Gasteiger charge is 2.31. The zero-order valence-corrected chi connectivity index (χ0v) is 19.8. The van der Waals surface area contributed by atoms with Gasteiger partial charge in [-0.3, -0.25) is 0 Å². The van der Waals surface area contributed by atoms with Crippen molar-refractivity contribution < 1.29 is 27.1 Å². The normalized spacial score (nSPS) is 14.2. The van der Waals surface area contributed by atoms with Crippen LogP contribution in [0, 0.1) is 12.7 Å². The Balaban J connectivity index is 1.35. The molecule has 4 rings (SSSR count). The molecule has 1 aliphatic rings. The number of urea groups is 1. The molecular weight excluding hydrogens is 480 g/mol. The first-order chi connectivity index (χ1) is 17.2. The van der Waals surface area contributed by atoms with Crippen LogP contribution in [0.5, 0.6) is 5.75 Å². The lowest BCUT2D eigenvalue weighted by Crippen LogP contribution is -2.51. The fraction of sp³-hybridized carbons (Fsp3) is 0.375. The first kappa shape index (κ1) is 25.3. The van der Waals surface area contributed by atoms with Crippen molar-refractivity contribution in [2.24, 2.45) is 0 Å². The van der Waals surface area contributed by atoms with Crippen molar-refractivity contribution in [3.63, 3.8) is 0 Å². The SMILES string of the molecule is CCOc1cc(N2CCN(C(=O)NCc3ccc(C(F)(F)F)cc3F)CC2)ccc1-n1cnc(C)n1. The van der Waals surface area contributed by atoms with E-state index in [1.807, 2.05) is 25.1 Å². The predicted octanol–water partition coefficient (Wildman–Crippen LogP) is 4.16. The summed E-state index contributed by atoms with van der Waals surface area (Å²) in [5.41, 5.74) is 0.630. The summed E-state index contributed by atoms with van der Waals surface area (Å²) in [5, 5.41) is 6.93. The van der Waals surface area contributed by atoms with E-state index in [4.69, 9.17) is 4.74 Å². The van der Waals surface area contributed by atoms with Crippen LogP contribution < -0.4 is 15.0 Å². The predicted molar refractivity (Wildman–Crippen MR) is 125 cm³/mol. The Morgan fingerprint density at radius 2 is 1.86 bits per heavy atom. The van der Waals surface area contributed by atoms with Gasteiger partial charge >= 0.3 is 12.2 Å². The second-order valence-electron chi connectivity index (χ2n) is 8.26. The van der Waals surface area contributed by atoms with Gasteiger partial charge in [-0.15, -0.1) is 0 Å². The Morgan fingerprint density at radius 1 is 1.11 bits per heavy atom. The summed E-state index contributed by atoms with van der Waals surface area (Å²) < 4.78 is 59.7. The number of aryl methyl sites for hydroxylation is 1. The number of amides is 2. The molecule has 12 heteroatoms. The number of piperazine rings is 1. The standard InChI is InChI=1S/C24H26F4N6O2/c1-3-36-22-13-19(6-7-21(22)34-15-30-16(2)31-34)32-8-10-33(11-9-32)23(35)29-14-17-4-5-18(12-20(17)25)24(26,27)28/h4-7,12-13,15H,3,8-11,14H2,1-2H3,(H,29,35). The largest absolute Gasteiger partial charge is 0.492 e. The molecule has 1 aliphatic heterocycles. The van der Waals surface area contributed by atoms with Crippen LogP contribution in [-0.2, 0) is 12.7 Å². The minimum absolute atomic E-state index is 0.0129. The van der Waals surface area contributed by atoms with Crippen LogP contribution in [-0.4, -0.2) is 58.5 Å². The number of carbonyl (C=O) groups is 1. The molecule has 0 aliphatic carbocycles. The summed E-state index contributed by atoms with van der Waals surface area (Å²) in [6, 6.07) is 7.67. The maximum absolute atomic E-state index is 14.0. The molecule has 36 heavy (non-hydrogen) atoms. The fourth-order valence-electron chi connectivity index (χ4n) is 3.94. The maximum atomic E-state index is 14.0. The highest BCUT2D eigenvalue weighted by Crippen LogP contribution is 2.31. The van der Waals surface area contributed by atoms with Gasteiger partial charge in [-0.2, -0.15) is 18.3 Å². The van der Waals surface area contributed by atoms with Crippen LogP contribution in [0.4, 0.5) is 28.0 Å². The quantitative estimate of drug-likeness (QED) is 0.508. The smallest absolute Gasteiger partial charge is 0.416 e. The van der Waals surface area contributed by atoms with Crippen LogP contribution in [0.3, 0.4) is 0 Å². The third-order valence-corrected chi connectivity index (χ3v) is 5.84. The Labute approximate surface area is 205 Å². The van der Waals surface area contributed by atoms with Gasteiger partial charge in [0.15, 0.2) is 0 Å². The molecule has 0 unspecified atom stereocenters. The molecule has 192 valence electrons. The van der Waals surface area contributed by atoms with Crippen molar-refractivity contribution in [2.45, 2.75) is 26.6 Å². The average molecular weight is 507 g/mol. The topological polar surface area (TPSA) is 75.5 Å². The molecule has 2 aromatic carbocycles. The van der Waals surface area contributed by atoms with Gasteiger partial charge in [0.1, 0.15) is 29.4 Å². The number of hydrogen-bond acceptors (Lipinski definition) is 5. The highest BCUT2D eigenvalue weighted by molar-refractivity contribution is 5.74. The molecule has 0 saturated carbocycles. The number of carbonyl (C=O) groups excluding carboxylic acids is 1. The molecule has 0 atom stereocenters. The number of hydrogen-bond donors (Lipinski definition) is 1. The first-order valence-electron chi connectivity index (χ1n) is 11.4. The van der Waals surface area contributed by atoms with E-state index >= 15 is 0 Å². The number of alkyl halides is 3. The summed E-state index contributed by atoms with van der Waals surface area (Å²) in [6.45, 7) is 5.97. The second-order valence-corrected chi connectivity index (χ2v) is 8.26. The van der Waals surface area contributed by atoms with Crippen LogP contribution in [0.25, 0.3) is 5.69 Å². The van der Waals surface area contributed by atoms with Crippen LogP contribution in [0.2, 0.25) is 0 Å². The van der Waals surface area contributed by atoms with Crippen molar-refractivity contribution in [1.29, 1.82) is 0 Å². The molecule has 1 N–H and O–H groups in total. The molecule has 2 heterocycles. The second kappa shape index (κ2) is 10.4. The number of halogens is 4. The molecule has 1 aromatic heterocycles. The molecule has 0 spiro atoms. The zero-order chi connectivity index (χ0) is 25.9. The Hall–Kier alpha value is -3.83. The minimum atomic E-state index is -4.62. The van der Waals surface area contributed by atoms with Gasteiger partial charge in [-0.1, -0.05) is 6.07 Å². The third kappa shape index (κ3) is 5.69. The summed E-state index contributed by atoms with van der Waals surface area (Å²) >= 11 is 0.